The summed E-state index contributed by atoms with van der Waals surface area (Å²) in [6, 6.07) is 0.726. The van der Waals surface area contributed by atoms with E-state index in [4.69, 9.17) is 9.47 Å². The SMILES string of the molecule is COCCN(CC1COCCC1O)C1CC1. The van der Waals surface area contributed by atoms with Crippen molar-refractivity contribution >= 4 is 0 Å². The van der Waals surface area contributed by atoms with Gasteiger partial charge in [-0.2, -0.15) is 0 Å². The molecule has 1 saturated carbocycles. The number of hydrogen-bond acceptors (Lipinski definition) is 4. The second kappa shape index (κ2) is 5.96. The standard InChI is InChI=1S/C12H23NO3/c1-15-7-5-13(11-2-3-11)8-10-9-16-6-4-12(10)14/h10-12,14H,2-9H2,1H3. The van der Waals surface area contributed by atoms with Crippen LogP contribution in [0.3, 0.4) is 0 Å². The highest BCUT2D eigenvalue weighted by Gasteiger charge is 2.33. The zero-order chi connectivity index (χ0) is 11.4. The van der Waals surface area contributed by atoms with Crippen LogP contribution in [0.4, 0.5) is 0 Å². The van der Waals surface area contributed by atoms with Crippen molar-refractivity contribution in [1.82, 2.24) is 4.90 Å². The molecule has 1 aliphatic carbocycles. The van der Waals surface area contributed by atoms with Crippen molar-refractivity contribution in [2.75, 3.05) is 40.0 Å². The highest BCUT2D eigenvalue weighted by molar-refractivity contribution is 4.87. The molecular formula is C12H23NO3. The zero-order valence-electron chi connectivity index (χ0n) is 10.1. The minimum absolute atomic E-state index is 0.183. The van der Waals surface area contributed by atoms with Gasteiger partial charge in [0, 0.05) is 38.8 Å². The first-order valence-electron chi connectivity index (χ1n) is 6.30. The molecule has 94 valence electrons. The first-order chi connectivity index (χ1) is 7.81. The van der Waals surface area contributed by atoms with Crippen LogP contribution in [-0.2, 0) is 9.47 Å². The van der Waals surface area contributed by atoms with Crippen molar-refractivity contribution in [2.24, 2.45) is 5.92 Å². The summed E-state index contributed by atoms with van der Waals surface area (Å²) >= 11 is 0. The first-order valence-corrected chi connectivity index (χ1v) is 6.30. The van der Waals surface area contributed by atoms with Gasteiger partial charge in [-0.15, -0.1) is 0 Å². The van der Waals surface area contributed by atoms with Gasteiger partial charge in [0.15, 0.2) is 0 Å². The second-order valence-corrected chi connectivity index (χ2v) is 4.91. The van der Waals surface area contributed by atoms with Crippen LogP contribution in [0.1, 0.15) is 19.3 Å². The number of aliphatic hydroxyl groups excluding tert-OH is 1. The van der Waals surface area contributed by atoms with Gasteiger partial charge in [-0.25, -0.2) is 0 Å². The monoisotopic (exact) mass is 229 g/mol. The third kappa shape index (κ3) is 3.42. The number of rotatable bonds is 6. The summed E-state index contributed by atoms with van der Waals surface area (Å²) in [7, 11) is 1.74. The Kier molecular flexibility index (Phi) is 4.58. The van der Waals surface area contributed by atoms with E-state index in [1.165, 1.54) is 12.8 Å². The summed E-state index contributed by atoms with van der Waals surface area (Å²) in [5.74, 6) is 0.284. The molecule has 2 unspecified atom stereocenters. The van der Waals surface area contributed by atoms with Crippen LogP contribution >= 0.6 is 0 Å². The van der Waals surface area contributed by atoms with Crippen molar-refractivity contribution in [3.05, 3.63) is 0 Å². The van der Waals surface area contributed by atoms with E-state index in [2.05, 4.69) is 4.90 Å². The van der Waals surface area contributed by atoms with E-state index in [9.17, 15) is 5.11 Å². The van der Waals surface area contributed by atoms with E-state index in [1.807, 2.05) is 0 Å². The maximum Gasteiger partial charge on any atom is 0.0624 e. The van der Waals surface area contributed by atoms with E-state index in [0.717, 1.165) is 32.2 Å². The van der Waals surface area contributed by atoms with Crippen molar-refractivity contribution in [1.29, 1.82) is 0 Å². The third-order valence-electron chi connectivity index (χ3n) is 3.55. The Morgan fingerprint density at radius 3 is 2.81 bits per heavy atom. The van der Waals surface area contributed by atoms with Gasteiger partial charge in [0.2, 0.25) is 0 Å². The van der Waals surface area contributed by atoms with Gasteiger partial charge in [0.25, 0.3) is 0 Å². The maximum atomic E-state index is 9.91. The molecule has 4 heteroatoms. The molecule has 0 aromatic rings. The lowest BCUT2D eigenvalue weighted by Crippen LogP contribution is -2.42. The van der Waals surface area contributed by atoms with Crippen molar-refractivity contribution in [2.45, 2.75) is 31.4 Å². The predicted octanol–water partition coefficient (Wildman–Crippen LogP) is 0.495. The zero-order valence-corrected chi connectivity index (χ0v) is 10.1. The summed E-state index contributed by atoms with van der Waals surface area (Å²) in [6.45, 7) is 4.12. The average Bonchev–Trinajstić information content (AvgIpc) is 3.10. The molecule has 0 aromatic carbocycles. The molecule has 1 saturated heterocycles. The van der Waals surface area contributed by atoms with E-state index in [-0.39, 0.29) is 12.0 Å². The third-order valence-corrected chi connectivity index (χ3v) is 3.55. The van der Waals surface area contributed by atoms with Crippen LogP contribution in [0.15, 0.2) is 0 Å². The molecule has 0 amide bonds. The molecule has 1 aliphatic heterocycles. The topological polar surface area (TPSA) is 41.9 Å². The van der Waals surface area contributed by atoms with Gasteiger partial charge in [-0.3, -0.25) is 4.90 Å². The quantitative estimate of drug-likeness (QED) is 0.720. The summed E-state index contributed by atoms with van der Waals surface area (Å²) in [5.41, 5.74) is 0. The molecule has 1 N–H and O–H groups in total. The molecule has 0 radical (unpaired) electrons. The van der Waals surface area contributed by atoms with E-state index >= 15 is 0 Å². The molecule has 0 bridgehead atoms. The Morgan fingerprint density at radius 1 is 1.38 bits per heavy atom. The van der Waals surface area contributed by atoms with E-state index in [1.54, 1.807) is 7.11 Å². The molecular weight excluding hydrogens is 206 g/mol. The second-order valence-electron chi connectivity index (χ2n) is 4.91. The van der Waals surface area contributed by atoms with Gasteiger partial charge in [0.05, 0.1) is 19.3 Å². The highest BCUT2D eigenvalue weighted by Crippen LogP contribution is 2.28. The fourth-order valence-corrected chi connectivity index (χ4v) is 2.33. The first kappa shape index (κ1) is 12.3. The average molecular weight is 229 g/mol. The lowest BCUT2D eigenvalue weighted by molar-refractivity contribution is -0.0488. The summed E-state index contributed by atoms with van der Waals surface area (Å²) in [6.07, 6.45) is 3.20. The largest absolute Gasteiger partial charge is 0.393 e. The van der Waals surface area contributed by atoms with E-state index in [0.29, 0.717) is 13.2 Å². The molecule has 2 aliphatic rings. The number of ether oxygens (including phenoxy) is 2. The molecule has 16 heavy (non-hydrogen) atoms. The molecule has 4 nitrogen and oxygen atoms in total. The molecule has 1 heterocycles. The predicted molar refractivity (Wildman–Crippen MR) is 61.4 cm³/mol. The normalized spacial score (nSPS) is 30.9. The van der Waals surface area contributed by atoms with Gasteiger partial charge in [-0.1, -0.05) is 0 Å². The van der Waals surface area contributed by atoms with Crippen LogP contribution in [0.2, 0.25) is 0 Å². The van der Waals surface area contributed by atoms with Crippen molar-refractivity contribution in [3.8, 4) is 0 Å². The minimum Gasteiger partial charge on any atom is -0.393 e. The minimum atomic E-state index is -0.183. The van der Waals surface area contributed by atoms with Gasteiger partial charge < -0.3 is 14.6 Å². The van der Waals surface area contributed by atoms with Crippen LogP contribution < -0.4 is 0 Å². The van der Waals surface area contributed by atoms with Crippen LogP contribution in [-0.4, -0.2) is 62.2 Å². The van der Waals surface area contributed by atoms with E-state index < -0.39 is 0 Å². The summed E-state index contributed by atoms with van der Waals surface area (Å²) in [5, 5.41) is 9.91. The van der Waals surface area contributed by atoms with Gasteiger partial charge in [-0.05, 0) is 19.3 Å². The molecule has 2 fully saturated rings. The fraction of sp³-hybridized carbons (Fsp3) is 1.00. The van der Waals surface area contributed by atoms with Crippen LogP contribution in [0.25, 0.3) is 0 Å². The van der Waals surface area contributed by atoms with Crippen molar-refractivity contribution < 1.29 is 14.6 Å². The molecule has 0 spiro atoms. The maximum absolute atomic E-state index is 9.91. The molecule has 2 atom stereocenters. The van der Waals surface area contributed by atoms with Crippen LogP contribution in [0, 0.1) is 5.92 Å². The molecule has 2 rings (SSSR count). The Labute approximate surface area is 97.5 Å². The molecule has 0 aromatic heterocycles. The fourth-order valence-electron chi connectivity index (χ4n) is 2.33. The number of methoxy groups -OCH3 is 1. The Bertz CT molecular complexity index is 208. The summed E-state index contributed by atoms with van der Waals surface area (Å²) in [4.78, 5) is 2.45. The number of hydrogen-bond donors (Lipinski definition) is 1. The highest BCUT2D eigenvalue weighted by atomic mass is 16.5. The number of aliphatic hydroxyl groups is 1. The summed E-state index contributed by atoms with van der Waals surface area (Å²) < 4.78 is 10.6. The lowest BCUT2D eigenvalue weighted by Gasteiger charge is -2.32. The Balaban J connectivity index is 1.78. The van der Waals surface area contributed by atoms with Crippen molar-refractivity contribution in [3.63, 3.8) is 0 Å². The van der Waals surface area contributed by atoms with Gasteiger partial charge >= 0.3 is 0 Å². The Morgan fingerprint density at radius 2 is 2.19 bits per heavy atom. The smallest absolute Gasteiger partial charge is 0.0624 e. The number of nitrogens with zero attached hydrogens (tertiary/aromatic N) is 1. The Hall–Kier alpha value is -0.160. The lowest BCUT2D eigenvalue weighted by atomic mass is 9.98. The van der Waals surface area contributed by atoms with Crippen LogP contribution in [0.5, 0.6) is 0 Å². The van der Waals surface area contributed by atoms with Gasteiger partial charge in [0.1, 0.15) is 0 Å².